The molecule has 0 saturated heterocycles. The third-order valence-electron chi connectivity index (χ3n) is 4.81. The summed E-state index contributed by atoms with van der Waals surface area (Å²) in [5.74, 6) is 1.11. The molecule has 1 saturated carbocycles. The van der Waals surface area contributed by atoms with Gasteiger partial charge in [-0.05, 0) is 50.7 Å². The molecule has 134 valence electrons. The minimum absolute atomic E-state index is 0.161. The molecule has 0 radical (unpaired) electrons. The van der Waals surface area contributed by atoms with Gasteiger partial charge in [-0.3, -0.25) is 0 Å². The van der Waals surface area contributed by atoms with Crippen molar-refractivity contribution in [3.63, 3.8) is 0 Å². The lowest BCUT2D eigenvalue weighted by Gasteiger charge is -2.28. The number of rotatable bonds is 5. The highest BCUT2D eigenvalue weighted by atomic mass is 16.3. The number of nitrogens with one attached hydrogen (secondary N) is 2. The molecule has 1 aromatic carbocycles. The predicted octanol–water partition coefficient (Wildman–Crippen LogP) is 2.64. The van der Waals surface area contributed by atoms with E-state index in [-0.39, 0.29) is 18.7 Å². The zero-order valence-corrected chi connectivity index (χ0v) is 14.5. The molecule has 3 rings (SSSR count). The second-order valence-electron chi connectivity index (χ2n) is 6.48. The highest BCUT2D eigenvalue weighted by molar-refractivity contribution is 5.93. The summed E-state index contributed by atoms with van der Waals surface area (Å²) in [4.78, 5) is 12.4. The van der Waals surface area contributed by atoms with Gasteiger partial charge in [0.2, 0.25) is 0 Å². The second kappa shape index (κ2) is 8.11. The SMILES string of the molecule is CCn1cnnc1-c1ccccc1NC(=O)NC1CCC(CO)CC1. The first-order valence-corrected chi connectivity index (χ1v) is 8.86. The molecule has 1 aliphatic rings. The Morgan fingerprint density at radius 2 is 2.04 bits per heavy atom. The number of urea groups is 1. The van der Waals surface area contributed by atoms with Gasteiger partial charge in [0, 0.05) is 24.8 Å². The van der Waals surface area contributed by atoms with Crippen molar-refractivity contribution in [1.82, 2.24) is 20.1 Å². The van der Waals surface area contributed by atoms with Crippen molar-refractivity contribution >= 4 is 11.7 Å². The van der Waals surface area contributed by atoms with Crippen LogP contribution in [0.15, 0.2) is 30.6 Å². The largest absolute Gasteiger partial charge is 0.396 e. The summed E-state index contributed by atoms with van der Waals surface area (Å²) in [6.45, 7) is 3.03. The van der Waals surface area contributed by atoms with Crippen molar-refractivity contribution in [2.24, 2.45) is 5.92 Å². The fraction of sp³-hybridized carbons (Fsp3) is 0.500. The molecule has 2 amide bonds. The van der Waals surface area contributed by atoms with Crippen LogP contribution in [0.2, 0.25) is 0 Å². The van der Waals surface area contributed by atoms with E-state index < -0.39 is 0 Å². The van der Waals surface area contributed by atoms with E-state index >= 15 is 0 Å². The van der Waals surface area contributed by atoms with Crippen LogP contribution in [0.3, 0.4) is 0 Å². The number of anilines is 1. The third kappa shape index (κ3) is 4.17. The van der Waals surface area contributed by atoms with Crippen LogP contribution >= 0.6 is 0 Å². The normalized spacial score (nSPS) is 20.2. The van der Waals surface area contributed by atoms with E-state index in [1.807, 2.05) is 35.8 Å². The number of para-hydroxylation sites is 1. The number of aliphatic hydroxyl groups excluding tert-OH is 1. The summed E-state index contributed by atoms with van der Waals surface area (Å²) in [7, 11) is 0. The van der Waals surface area contributed by atoms with E-state index in [9.17, 15) is 9.90 Å². The van der Waals surface area contributed by atoms with E-state index in [4.69, 9.17) is 0 Å². The first-order chi connectivity index (χ1) is 12.2. The van der Waals surface area contributed by atoms with Crippen LogP contribution in [0.5, 0.6) is 0 Å². The van der Waals surface area contributed by atoms with Crippen LogP contribution in [0.4, 0.5) is 10.5 Å². The summed E-state index contributed by atoms with van der Waals surface area (Å²) in [6.07, 6.45) is 5.41. The van der Waals surface area contributed by atoms with Gasteiger partial charge in [-0.1, -0.05) is 12.1 Å². The van der Waals surface area contributed by atoms with Gasteiger partial charge < -0.3 is 20.3 Å². The number of hydrogen-bond donors (Lipinski definition) is 3. The van der Waals surface area contributed by atoms with Crippen LogP contribution < -0.4 is 10.6 Å². The Morgan fingerprint density at radius 3 is 2.76 bits per heavy atom. The van der Waals surface area contributed by atoms with Gasteiger partial charge in [0.1, 0.15) is 6.33 Å². The Balaban J connectivity index is 1.66. The standard InChI is InChI=1S/C18H25N5O2/c1-2-23-12-19-22-17(23)15-5-3-4-6-16(15)21-18(25)20-14-9-7-13(11-24)8-10-14/h3-6,12-14,24H,2,7-11H2,1H3,(H2,20,21,25). The maximum atomic E-state index is 12.4. The number of aliphatic hydroxyl groups is 1. The Bertz CT molecular complexity index is 707. The van der Waals surface area contributed by atoms with Gasteiger partial charge in [0.25, 0.3) is 0 Å². The smallest absolute Gasteiger partial charge is 0.319 e. The number of aromatic nitrogens is 3. The van der Waals surface area contributed by atoms with Gasteiger partial charge in [-0.15, -0.1) is 10.2 Å². The van der Waals surface area contributed by atoms with E-state index in [1.54, 1.807) is 6.33 Å². The van der Waals surface area contributed by atoms with Gasteiger partial charge in [0.15, 0.2) is 5.82 Å². The van der Waals surface area contributed by atoms with Crippen LogP contribution in [-0.4, -0.2) is 38.6 Å². The summed E-state index contributed by atoms with van der Waals surface area (Å²) in [6, 6.07) is 7.56. The van der Waals surface area contributed by atoms with Crippen molar-refractivity contribution < 1.29 is 9.90 Å². The van der Waals surface area contributed by atoms with Crippen LogP contribution in [0, 0.1) is 5.92 Å². The van der Waals surface area contributed by atoms with Crippen molar-refractivity contribution in [3.05, 3.63) is 30.6 Å². The minimum atomic E-state index is -0.206. The first-order valence-electron chi connectivity index (χ1n) is 8.86. The van der Waals surface area contributed by atoms with Crippen LogP contribution in [0.1, 0.15) is 32.6 Å². The highest BCUT2D eigenvalue weighted by Crippen LogP contribution is 2.27. The Labute approximate surface area is 147 Å². The summed E-state index contributed by atoms with van der Waals surface area (Å²) < 4.78 is 1.94. The maximum Gasteiger partial charge on any atom is 0.319 e. The topological polar surface area (TPSA) is 92.1 Å². The number of aryl methyl sites for hydroxylation is 1. The molecule has 0 spiro atoms. The Morgan fingerprint density at radius 1 is 1.28 bits per heavy atom. The van der Waals surface area contributed by atoms with Crippen LogP contribution in [-0.2, 0) is 6.54 Å². The first kappa shape index (κ1) is 17.4. The zero-order chi connectivity index (χ0) is 17.6. The highest BCUT2D eigenvalue weighted by Gasteiger charge is 2.22. The average Bonchev–Trinajstić information content (AvgIpc) is 3.11. The van der Waals surface area contributed by atoms with Gasteiger partial charge in [-0.2, -0.15) is 0 Å². The minimum Gasteiger partial charge on any atom is -0.396 e. The second-order valence-corrected chi connectivity index (χ2v) is 6.48. The Hall–Kier alpha value is -2.41. The summed E-state index contributed by atoms with van der Waals surface area (Å²) >= 11 is 0. The molecule has 7 heteroatoms. The Kier molecular flexibility index (Phi) is 5.65. The molecular weight excluding hydrogens is 318 g/mol. The predicted molar refractivity (Wildman–Crippen MR) is 96.1 cm³/mol. The quantitative estimate of drug-likeness (QED) is 0.778. The number of amides is 2. The molecule has 1 fully saturated rings. The molecule has 1 aromatic heterocycles. The average molecular weight is 343 g/mol. The van der Waals surface area contributed by atoms with Crippen molar-refractivity contribution in [3.8, 4) is 11.4 Å². The van der Waals surface area contributed by atoms with Crippen molar-refractivity contribution in [1.29, 1.82) is 0 Å². The third-order valence-corrected chi connectivity index (χ3v) is 4.81. The lowest BCUT2D eigenvalue weighted by Crippen LogP contribution is -2.40. The van der Waals surface area contributed by atoms with E-state index in [0.29, 0.717) is 11.6 Å². The molecule has 2 aromatic rings. The molecule has 7 nitrogen and oxygen atoms in total. The molecule has 0 unspecified atom stereocenters. The number of benzene rings is 1. The number of nitrogens with zero attached hydrogens (tertiary/aromatic N) is 3. The molecule has 1 aliphatic carbocycles. The summed E-state index contributed by atoms with van der Waals surface area (Å²) in [5, 5.41) is 23.3. The number of carbonyl (C=O) groups excluding carboxylic acids is 1. The molecule has 3 N–H and O–H groups in total. The monoisotopic (exact) mass is 343 g/mol. The van der Waals surface area contributed by atoms with E-state index in [1.165, 1.54) is 0 Å². The van der Waals surface area contributed by atoms with Crippen LogP contribution in [0.25, 0.3) is 11.4 Å². The number of carbonyl (C=O) groups is 1. The van der Waals surface area contributed by atoms with E-state index in [2.05, 4.69) is 20.8 Å². The zero-order valence-electron chi connectivity index (χ0n) is 14.5. The molecule has 1 heterocycles. The summed E-state index contributed by atoms with van der Waals surface area (Å²) in [5.41, 5.74) is 1.56. The van der Waals surface area contributed by atoms with Gasteiger partial charge in [-0.25, -0.2) is 4.79 Å². The van der Waals surface area contributed by atoms with Crippen molar-refractivity contribution in [2.45, 2.75) is 45.2 Å². The molecule has 0 atom stereocenters. The lowest BCUT2D eigenvalue weighted by molar-refractivity contribution is 0.176. The van der Waals surface area contributed by atoms with Gasteiger partial charge >= 0.3 is 6.03 Å². The number of hydrogen-bond acceptors (Lipinski definition) is 4. The molecule has 25 heavy (non-hydrogen) atoms. The maximum absolute atomic E-state index is 12.4. The molecular formula is C18H25N5O2. The molecule has 0 bridgehead atoms. The fourth-order valence-electron chi connectivity index (χ4n) is 3.32. The van der Waals surface area contributed by atoms with Gasteiger partial charge in [0.05, 0.1) is 5.69 Å². The lowest BCUT2D eigenvalue weighted by atomic mass is 9.87. The van der Waals surface area contributed by atoms with E-state index in [0.717, 1.165) is 43.6 Å². The van der Waals surface area contributed by atoms with Crippen molar-refractivity contribution in [2.75, 3.05) is 11.9 Å². The fourth-order valence-corrected chi connectivity index (χ4v) is 3.32. The molecule has 0 aliphatic heterocycles.